The SMILES string of the molecule is CCOC(=O)C(CCN1CCCC(N(C)C)C1)NC. The first kappa shape index (κ1) is 16.4. The summed E-state index contributed by atoms with van der Waals surface area (Å²) in [6.45, 7) is 5.49. The van der Waals surface area contributed by atoms with Crippen molar-refractivity contribution < 1.29 is 9.53 Å². The normalized spacial score (nSPS) is 22.5. The van der Waals surface area contributed by atoms with Crippen LogP contribution in [-0.4, -0.2) is 75.2 Å². The Hall–Kier alpha value is -0.650. The summed E-state index contributed by atoms with van der Waals surface area (Å²) in [4.78, 5) is 16.5. The van der Waals surface area contributed by atoms with Crippen LogP contribution in [0.1, 0.15) is 26.2 Å². The first-order valence-corrected chi connectivity index (χ1v) is 7.31. The Kier molecular flexibility index (Phi) is 7.34. The number of ether oxygens (including phenoxy) is 1. The van der Waals surface area contributed by atoms with E-state index < -0.39 is 0 Å². The van der Waals surface area contributed by atoms with Gasteiger partial charge in [-0.1, -0.05) is 0 Å². The van der Waals surface area contributed by atoms with Crippen LogP contribution in [0, 0.1) is 0 Å². The molecule has 0 spiro atoms. The number of likely N-dealkylation sites (N-methyl/N-ethyl adjacent to an activating group) is 2. The highest BCUT2D eigenvalue weighted by Crippen LogP contribution is 2.14. The first-order chi connectivity index (χ1) is 9.08. The van der Waals surface area contributed by atoms with E-state index in [1.54, 1.807) is 0 Å². The Balaban J connectivity index is 2.35. The van der Waals surface area contributed by atoms with Crippen LogP contribution in [0.15, 0.2) is 0 Å². The molecular formula is C14H29N3O2. The average Bonchev–Trinajstić information content (AvgIpc) is 2.40. The van der Waals surface area contributed by atoms with Gasteiger partial charge in [-0.3, -0.25) is 4.79 Å². The Morgan fingerprint density at radius 2 is 2.26 bits per heavy atom. The molecule has 1 heterocycles. The van der Waals surface area contributed by atoms with Crippen molar-refractivity contribution in [2.24, 2.45) is 0 Å². The van der Waals surface area contributed by atoms with E-state index in [0.29, 0.717) is 12.6 Å². The molecule has 1 saturated heterocycles. The third-order valence-electron chi connectivity index (χ3n) is 3.86. The van der Waals surface area contributed by atoms with E-state index in [4.69, 9.17) is 4.74 Å². The van der Waals surface area contributed by atoms with Crippen LogP contribution < -0.4 is 5.32 Å². The molecule has 1 aliphatic heterocycles. The number of hydrogen-bond acceptors (Lipinski definition) is 5. The van der Waals surface area contributed by atoms with Crippen molar-refractivity contribution in [3.63, 3.8) is 0 Å². The Bertz CT molecular complexity index is 271. The lowest BCUT2D eigenvalue weighted by molar-refractivity contribution is -0.145. The largest absolute Gasteiger partial charge is 0.465 e. The maximum atomic E-state index is 11.7. The molecule has 0 amide bonds. The summed E-state index contributed by atoms with van der Waals surface area (Å²) in [6.07, 6.45) is 3.33. The van der Waals surface area contributed by atoms with Gasteiger partial charge >= 0.3 is 5.97 Å². The van der Waals surface area contributed by atoms with Crippen molar-refractivity contribution in [3.05, 3.63) is 0 Å². The van der Waals surface area contributed by atoms with Crippen LogP contribution in [0.25, 0.3) is 0 Å². The van der Waals surface area contributed by atoms with Crippen LogP contribution in [-0.2, 0) is 9.53 Å². The molecule has 0 aromatic rings. The van der Waals surface area contributed by atoms with Gasteiger partial charge in [-0.25, -0.2) is 0 Å². The van der Waals surface area contributed by atoms with Gasteiger partial charge in [-0.15, -0.1) is 0 Å². The van der Waals surface area contributed by atoms with E-state index >= 15 is 0 Å². The first-order valence-electron chi connectivity index (χ1n) is 7.31. The lowest BCUT2D eigenvalue weighted by Crippen LogP contribution is -2.47. The lowest BCUT2D eigenvalue weighted by Gasteiger charge is -2.36. The van der Waals surface area contributed by atoms with Crippen LogP contribution in [0.2, 0.25) is 0 Å². The summed E-state index contributed by atoms with van der Waals surface area (Å²) >= 11 is 0. The minimum atomic E-state index is -0.181. The number of esters is 1. The molecule has 0 radical (unpaired) electrons. The summed E-state index contributed by atoms with van der Waals surface area (Å²) < 4.78 is 5.07. The van der Waals surface area contributed by atoms with Gasteiger partial charge in [0.2, 0.25) is 0 Å². The summed E-state index contributed by atoms with van der Waals surface area (Å²) in [5.74, 6) is -0.133. The molecule has 0 saturated carbocycles. The van der Waals surface area contributed by atoms with Gasteiger partial charge in [0.15, 0.2) is 0 Å². The highest BCUT2D eigenvalue weighted by molar-refractivity contribution is 5.75. The molecule has 1 rings (SSSR count). The molecule has 1 fully saturated rings. The van der Waals surface area contributed by atoms with E-state index in [0.717, 1.165) is 26.1 Å². The van der Waals surface area contributed by atoms with Crippen LogP contribution in [0.3, 0.4) is 0 Å². The van der Waals surface area contributed by atoms with Crippen LogP contribution in [0.5, 0.6) is 0 Å². The zero-order chi connectivity index (χ0) is 14.3. The molecule has 5 nitrogen and oxygen atoms in total. The zero-order valence-electron chi connectivity index (χ0n) is 12.8. The number of nitrogens with zero attached hydrogens (tertiary/aromatic N) is 2. The van der Waals surface area contributed by atoms with Gasteiger partial charge in [-0.05, 0) is 53.9 Å². The monoisotopic (exact) mass is 271 g/mol. The molecule has 0 aromatic heterocycles. The highest BCUT2D eigenvalue weighted by Gasteiger charge is 2.23. The number of carbonyl (C=O) groups excluding carboxylic acids is 1. The number of likely N-dealkylation sites (tertiary alicyclic amines) is 1. The lowest BCUT2D eigenvalue weighted by atomic mass is 10.0. The second-order valence-electron chi connectivity index (χ2n) is 5.44. The Morgan fingerprint density at radius 1 is 1.53 bits per heavy atom. The van der Waals surface area contributed by atoms with Crippen LogP contribution >= 0.6 is 0 Å². The maximum absolute atomic E-state index is 11.7. The number of carbonyl (C=O) groups is 1. The molecule has 1 aliphatic rings. The van der Waals surface area contributed by atoms with E-state index in [2.05, 4.69) is 29.2 Å². The Morgan fingerprint density at radius 3 is 2.84 bits per heavy atom. The zero-order valence-corrected chi connectivity index (χ0v) is 12.8. The van der Waals surface area contributed by atoms with Gasteiger partial charge in [0, 0.05) is 19.1 Å². The van der Waals surface area contributed by atoms with Gasteiger partial charge in [0.1, 0.15) is 6.04 Å². The van der Waals surface area contributed by atoms with E-state index in [1.165, 1.54) is 12.8 Å². The predicted molar refractivity (Wildman–Crippen MR) is 77.2 cm³/mol. The van der Waals surface area contributed by atoms with Gasteiger partial charge in [0.25, 0.3) is 0 Å². The van der Waals surface area contributed by atoms with Crippen molar-refractivity contribution in [3.8, 4) is 0 Å². The third kappa shape index (κ3) is 5.47. The number of rotatable bonds is 7. The third-order valence-corrected chi connectivity index (χ3v) is 3.86. The van der Waals surface area contributed by atoms with Crippen molar-refractivity contribution >= 4 is 5.97 Å². The minimum absolute atomic E-state index is 0.133. The molecule has 5 heteroatoms. The smallest absolute Gasteiger partial charge is 0.323 e. The molecule has 0 aromatic carbocycles. The fourth-order valence-electron chi connectivity index (χ4n) is 2.59. The summed E-state index contributed by atoms with van der Waals surface area (Å²) in [5, 5.41) is 3.05. The molecule has 112 valence electrons. The van der Waals surface area contributed by atoms with Crippen LogP contribution in [0.4, 0.5) is 0 Å². The molecule has 0 bridgehead atoms. The van der Waals surface area contributed by atoms with Crippen molar-refractivity contribution in [2.45, 2.75) is 38.3 Å². The highest BCUT2D eigenvalue weighted by atomic mass is 16.5. The molecule has 0 aliphatic carbocycles. The van der Waals surface area contributed by atoms with Gasteiger partial charge in [0.05, 0.1) is 6.61 Å². The topological polar surface area (TPSA) is 44.8 Å². The summed E-state index contributed by atoms with van der Waals surface area (Å²) in [5.41, 5.74) is 0. The van der Waals surface area contributed by atoms with Crippen molar-refractivity contribution in [1.82, 2.24) is 15.1 Å². The molecule has 1 N–H and O–H groups in total. The molecular weight excluding hydrogens is 242 g/mol. The summed E-state index contributed by atoms with van der Waals surface area (Å²) in [7, 11) is 6.10. The number of hydrogen-bond donors (Lipinski definition) is 1. The average molecular weight is 271 g/mol. The van der Waals surface area contributed by atoms with Crippen molar-refractivity contribution in [1.29, 1.82) is 0 Å². The fourth-order valence-corrected chi connectivity index (χ4v) is 2.59. The van der Waals surface area contributed by atoms with E-state index in [9.17, 15) is 4.79 Å². The molecule has 2 unspecified atom stereocenters. The fraction of sp³-hybridized carbons (Fsp3) is 0.929. The summed E-state index contributed by atoms with van der Waals surface area (Å²) in [6, 6.07) is 0.462. The molecule has 19 heavy (non-hydrogen) atoms. The molecule has 2 atom stereocenters. The van der Waals surface area contributed by atoms with Crippen molar-refractivity contribution in [2.75, 3.05) is 47.4 Å². The van der Waals surface area contributed by atoms with Gasteiger partial charge in [-0.2, -0.15) is 0 Å². The Labute approximate surface area is 117 Å². The second-order valence-corrected chi connectivity index (χ2v) is 5.44. The van der Waals surface area contributed by atoms with E-state index in [-0.39, 0.29) is 12.0 Å². The maximum Gasteiger partial charge on any atom is 0.323 e. The number of piperidine rings is 1. The quantitative estimate of drug-likeness (QED) is 0.685. The van der Waals surface area contributed by atoms with E-state index in [1.807, 2.05) is 14.0 Å². The number of nitrogens with one attached hydrogen (secondary N) is 1. The standard InChI is InChI=1S/C14H29N3O2/c1-5-19-14(18)13(15-2)8-10-17-9-6-7-12(11-17)16(3)4/h12-13,15H,5-11H2,1-4H3. The van der Waals surface area contributed by atoms with Gasteiger partial charge < -0.3 is 19.9 Å². The second kappa shape index (κ2) is 8.51. The minimum Gasteiger partial charge on any atom is -0.465 e. The predicted octanol–water partition coefficient (Wildman–Crippen LogP) is 0.554.